The van der Waals surface area contributed by atoms with E-state index in [2.05, 4.69) is 11.4 Å². The SMILES string of the molecule is CC(C)(C)NC(=O)c1ccccc1SCC#N. The number of amides is 1. The van der Waals surface area contributed by atoms with Crippen LogP contribution in [0.4, 0.5) is 0 Å². The third-order valence-corrected chi connectivity index (χ3v) is 2.85. The number of benzene rings is 1. The molecule has 4 heteroatoms. The number of rotatable bonds is 3. The Balaban J connectivity index is 2.90. The van der Waals surface area contributed by atoms with Crippen LogP contribution >= 0.6 is 11.8 Å². The van der Waals surface area contributed by atoms with Crippen molar-refractivity contribution in [2.24, 2.45) is 0 Å². The van der Waals surface area contributed by atoms with Crippen molar-refractivity contribution >= 4 is 17.7 Å². The predicted octanol–water partition coefficient (Wildman–Crippen LogP) is 2.83. The second kappa shape index (κ2) is 5.74. The van der Waals surface area contributed by atoms with Gasteiger partial charge in [-0.15, -0.1) is 11.8 Å². The maximum Gasteiger partial charge on any atom is 0.252 e. The lowest BCUT2D eigenvalue weighted by Crippen LogP contribution is -2.40. The summed E-state index contributed by atoms with van der Waals surface area (Å²) in [5.74, 6) is 0.248. The average molecular weight is 248 g/mol. The van der Waals surface area contributed by atoms with Crippen LogP contribution in [-0.2, 0) is 0 Å². The Hall–Kier alpha value is -1.47. The Kier molecular flexibility index (Phi) is 4.59. The normalized spacial score (nSPS) is 10.7. The van der Waals surface area contributed by atoms with E-state index >= 15 is 0 Å². The number of nitriles is 1. The molecule has 0 aliphatic rings. The summed E-state index contributed by atoms with van der Waals surface area (Å²) in [7, 11) is 0. The first-order valence-corrected chi connectivity index (χ1v) is 6.34. The molecule has 0 aliphatic carbocycles. The van der Waals surface area contributed by atoms with E-state index in [0.717, 1.165) is 4.90 Å². The van der Waals surface area contributed by atoms with E-state index < -0.39 is 0 Å². The van der Waals surface area contributed by atoms with Crippen LogP contribution in [-0.4, -0.2) is 17.2 Å². The molecule has 1 rings (SSSR count). The molecule has 17 heavy (non-hydrogen) atoms. The molecule has 1 amide bonds. The van der Waals surface area contributed by atoms with Crippen LogP contribution in [0.25, 0.3) is 0 Å². The first kappa shape index (κ1) is 13.6. The number of hydrogen-bond donors (Lipinski definition) is 1. The smallest absolute Gasteiger partial charge is 0.252 e. The molecule has 0 bridgehead atoms. The van der Waals surface area contributed by atoms with Gasteiger partial charge in [-0.3, -0.25) is 4.79 Å². The first-order chi connectivity index (χ1) is 7.94. The fourth-order valence-corrected chi connectivity index (χ4v) is 2.01. The highest BCUT2D eigenvalue weighted by molar-refractivity contribution is 7.99. The molecule has 0 unspecified atom stereocenters. The fraction of sp³-hybridized carbons (Fsp3) is 0.385. The summed E-state index contributed by atoms with van der Waals surface area (Å²) >= 11 is 1.38. The summed E-state index contributed by atoms with van der Waals surface area (Å²) in [5.41, 5.74) is 0.368. The summed E-state index contributed by atoms with van der Waals surface area (Å²) in [6, 6.07) is 9.40. The van der Waals surface area contributed by atoms with Crippen LogP contribution in [0.2, 0.25) is 0 Å². The van der Waals surface area contributed by atoms with Gasteiger partial charge < -0.3 is 5.32 Å². The molecular weight excluding hydrogens is 232 g/mol. The van der Waals surface area contributed by atoms with Gasteiger partial charge in [0.25, 0.3) is 5.91 Å². The molecule has 0 radical (unpaired) electrons. The highest BCUT2D eigenvalue weighted by Gasteiger charge is 2.17. The molecule has 0 spiro atoms. The van der Waals surface area contributed by atoms with Gasteiger partial charge in [0.15, 0.2) is 0 Å². The van der Waals surface area contributed by atoms with Crippen LogP contribution < -0.4 is 5.32 Å². The van der Waals surface area contributed by atoms with Crippen LogP contribution in [0.3, 0.4) is 0 Å². The molecule has 1 aromatic rings. The van der Waals surface area contributed by atoms with Crippen molar-refractivity contribution in [1.29, 1.82) is 5.26 Å². The van der Waals surface area contributed by atoms with Crippen molar-refractivity contribution in [1.82, 2.24) is 5.32 Å². The second-order valence-corrected chi connectivity index (χ2v) is 5.66. The third kappa shape index (κ3) is 4.49. The average Bonchev–Trinajstić information content (AvgIpc) is 2.24. The maximum absolute atomic E-state index is 12.0. The number of thioether (sulfide) groups is 1. The Morgan fingerprint density at radius 3 is 2.65 bits per heavy atom. The minimum atomic E-state index is -0.260. The summed E-state index contributed by atoms with van der Waals surface area (Å²) in [5, 5.41) is 11.5. The Labute approximate surface area is 106 Å². The van der Waals surface area contributed by atoms with E-state index in [0.29, 0.717) is 11.3 Å². The molecule has 0 aliphatic heterocycles. The summed E-state index contributed by atoms with van der Waals surface area (Å²) in [6.07, 6.45) is 0. The third-order valence-electron chi connectivity index (χ3n) is 1.91. The Bertz CT molecular complexity index is 443. The van der Waals surface area contributed by atoms with E-state index in [1.54, 1.807) is 6.07 Å². The van der Waals surface area contributed by atoms with Gasteiger partial charge in [-0.25, -0.2) is 0 Å². The molecule has 1 N–H and O–H groups in total. The number of carbonyl (C=O) groups is 1. The number of hydrogen-bond acceptors (Lipinski definition) is 3. The molecule has 0 fully saturated rings. The maximum atomic E-state index is 12.0. The summed E-state index contributed by atoms with van der Waals surface area (Å²) < 4.78 is 0. The largest absolute Gasteiger partial charge is 0.347 e. The molecule has 0 saturated heterocycles. The van der Waals surface area contributed by atoms with Crippen LogP contribution in [0.15, 0.2) is 29.2 Å². The molecule has 0 atom stereocenters. The van der Waals surface area contributed by atoms with Crippen LogP contribution in [0.5, 0.6) is 0 Å². The van der Waals surface area contributed by atoms with E-state index in [1.165, 1.54) is 11.8 Å². The van der Waals surface area contributed by atoms with E-state index in [1.807, 2.05) is 39.0 Å². The number of nitrogens with one attached hydrogen (secondary N) is 1. The second-order valence-electron chi connectivity index (χ2n) is 4.65. The zero-order valence-corrected chi connectivity index (χ0v) is 11.1. The predicted molar refractivity (Wildman–Crippen MR) is 70.0 cm³/mol. The molecule has 90 valence electrons. The molecule has 0 heterocycles. The molecule has 0 aromatic heterocycles. The van der Waals surface area contributed by atoms with Crippen LogP contribution in [0.1, 0.15) is 31.1 Å². The topological polar surface area (TPSA) is 52.9 Å². The van der Waals surface area contributed by atoms with Crippen molar-refractivity contribution in [3.8, 4) is 6.07 Å². The van der Waals surface area contributed by atoms with Crippen molar-refractivity contribution in [3.63, 3.8) is 0 Å². The lowest BCUT2D eigenvalue weighted by molar-refractivity contribution is 0.0916. The van der Waals surface area contributed by atoms with Crippen molar-refractivity contribution in [2.45, 2.75) is 31.2 Å². The molecular formula is C13H16N2OS. The van der Waals surface area contributed by atoms with Gasteiger partial charge in [0, 0.05) is 10.4 Å². The van der Waals surface area contributed by atoms with Gasteiger partial charge in [-0.1, -0.05) is 12.1 Å². The first-order valence-electron chi connectivity index (χ1n) is 5.35. The standard InChI is InChI=1S/C13H16N2OS/c1-13(2,3)15-12(16)10-6-4-5-7-11(10)17-9-8-14/h4-7H,9H2,1-3H3,(H,15,16). The number of nitrogens with zero attached hydrogens (tertiary/aromatic N) is 1. The minimum absolute atomic E-state index is 0.0986. The summed E-state index contributed by atoms with van der Waals surface area (Å²) in [4.78, 5) is 12.9. The van der Waals surface area contributed by atoms with Gasteiger partial charge >= 0.3 is 0 Å². The highest BCUT2D eigenvalue weighted by atomic mass is 32.2. The molecule has 0 saturated carbocycles. The van der Waals surface area contributed by atoms with E-state index in [9.17, 15) is 4.79 Å². The van der Waals surface area contributed by atoms with Crippen molar-refractivity contribution in [2.75, 3.05) is 5.75 Å². The lowest BCUT2D eigenvalue weighted by atomic mass is 10.1. The van der Waals surface area contributed by atoms with E-state index in [4.69, 9.17) is 5.26 Å². The van der Waals surface area contributed by atoms with Gasteiger partial charge in [-0.05, 0) is 32.9 Å². The number of carbonyl (C=O) groups excluding carboxylic acids is 1. The van der Waals surface area contributed by atoms with Gasteiger partial charge in [0.1, 0.15) is 0 Å². The molecule has 1 aromatic carbocycles. The zero-order valence-electron chi connectivity index (χ0n) is 10.3. The fourth-order valence-electron chi connectivity index (χ4n) is 1.30. The van der Waals surface area contributed by atoms with Gasteiger partial charge in [0.2, 0.25) is 0 Å². The van der Waals surface area contributed by atoms with Gasteiger partial charge in [-0.2, -0.15) is 5.26 Å². The Morgan fingerprint density at radius 2 is 2.06 bits per heavy atom. The molecule has 3 nitrogen and oxygen atoms in total. The van der Waals surface area contributed by atoms with Crippen molar-refractivity contribution < 1.29 is 4.79 Å². The van der Waals surface area contributed by atoms with Gasteiger partial charge in [0.05, 0.1) is 17.4 Å². The van der Waals surface area contributed by atoms with E-state index in [-0.39, 0.29) is 11.4 Å². The quantitative estimate of drug-likeness (QED) is 0.837. The highest BCUT2D eigenvalue weighted by Crippen LogP contribution is 2.22. The van der Waals surface area contributed by atoms with Crippen molar-refractivity contribution in [3.05, 3.63) is 29.8 Å². The van der Waals surface area contributed by atoms with Crippen LogP contribution in [0, 0.1) is 11.3 Å². The summed E-state index contributed by atoms with van der Waals surface area (Å²) in [6.45, 7) is 5.82. The Morgan fingerprint density at radius 1 is 1.41 bits per heavy atom. The minimum Gasteiger partial charge on any atom is -0.347 e. The lowest BCUT2D eigenvalue weighted by Gasteiger charge is -2.21. The monoisotopic (exact) mass is 248 g/mol. The zero-order chi connectivity index (χ0) is 12.9.